The van der Waals surface area contributed by atoms with Crippen molar-refractivity contribution in [2.24, 2.45) is 5.92 Å². The zero-order valence-corrected chi connectivity index (χ0v) is 17.0. The van der Waals surface area contributed by atoms with Crippen LogP contribution in [0.3, 0.4) is 0 Å². The van der Waals surface area contributed by atoms with E-state index in [1.165, 1.54) is 7.11 Å². The highest BCUT2D eigenvalue weighted by molar-refractivity contribution is 6.06. The number of carbonyl (C=O) groups is 3. The van der Waals surface area contributed by atoms with Crippen LogP contribution in [0, 0.1) is 19.8 Å². The van der Waals surface area contributed by atoms with Gasteiger partial charge in [-0.2, -0.15) is 0 Å². The van der Waals surface area contributed by atoms with E-state index < -0.39 is 12.0 Å². The van der Waals surface area contributed by atoms with E-state index in [4.69, 9.17) is 9.47 Å². The van der Waals surface area contributed by atoms with Gasteiger partial charge in [-0.15, -0.1) is 0 Å². The summed E-state index contributed by atoms with van der Waals surface area (Å²) in [5, 5.41) is 0. The van der Waals surface area contributed by atoms with Crippen molar-refractivity contribution in [1.29, 1.82) is 0 Å². The number of hydrogen-bond donors (Lipinski definition) is 1. The Labute approximate surface area is 160 Å². The molecule has 7 nitrogen and oxygen atoms in total. The van der Waals surface area contributed by atoms with Crippen LogP contribution in [0.2, 0.25) is 0 Å². The number of ether oxygens (including phenoxy) is 2. The molecule has 0 unspecified atom stereocenters. The predicted octanol–water partition coefficient (Wildman–Crippen LogP) is 2.65. The van der Waals surface area contributed by atoms with E-state index in [-0.39, 0.29) is 29.4 Å². The van der Waals surface area contributed by atoms with Crippen LogP contribution in [0.5, 0.6) is 0 Å². The molecule has 0 radical (unpaired) electrons. The van der Waals surface area contributed by atoms with Crippen molar-refractivity contribution < 1.29 is 23.9 Å². The van der Waals surface area contributed by atoms with Gasteiger partial charge in [0.2, 0.25) is 5.91 Å². The van der Waals surface area contributed by atoms with Crippen LogP contribution >= 0.6 is 0 Å². The lowest BCUT2D eigenvalue weighted by atomic mass is 9.98. The lowest BCUT2D eigenvalue weighted by molar-refractivity contribution is -0.137. The van der Waals surface area contributed by atoms with E-state index >= 15 is 0 Å². The molecule has 2 atom stereocenters. The maximum Gasteiger partial charge on any atom is 0.354 e. The Morgan fingerprint density at radius 1 is 1.26 bits per heavy atom. The summed E-state index contributed by atoms with van der Waals surface area (Å²) >= 11 is 0. The Bertz CT molecular complexity index is 716. The molecule has 1 aromatic rings. The zero-order chi connectivity index (χ0) is 20.3. The summed E-state index contributed by atoms with van der Waals surface area (Å²) < 4.78 is 10.4. The molecule has 0 spiro atoms. The van der Waals surface area contributed by atoms with Crippen LogP contribution in [0.15, 0.2) is 0 Å². The molecule has 2 rings (SSSR count). The number of amides is 1. The number of Topliss-reactive ketones (excluding diaryl/α,β-unsaturated/α-hetero) is 1. The Balaban J connectivity index is 2.32. The second kappa shape index (κ2) is 8.69. The lowest BCUT2D eigenvalue weighted by Gasteiger charge is -2.32. The molecule has 1 saturated heterocycles. The molecule has 0 bridgehead atoms. The maximum atomic E-state index is 13.2. The number of nitrogens with one attached hydrogen (secondary N) is 1. The maximum absolute atomic E-state index is 13.2. The molecule has 1 amide bonds. The minimum Gasteiger partial charge on any atom is -0.464 e. The molecule has 0 aromatic carbocycles. The monoisotopic (exact) mass is 378 g/mol. The first-order valence-electron chi connectivity index (χ1n) is 9.42. The van der Waals surface area contributed by atoms with Gasteiger partial charge in [-0.3, -0.25) is 9.59 Å². The molecule has 7 heteroatoms. The summed E-state index contributed by atoms with van der Waals surface area (Å²) in [7, 11) is 1.30. The molecule has 1 aromatic heterocycles. The van der Waals surface area contributed by atoms with Gasteiger partial charge < -0.3 is 19.4 Å². The predicted molar refractivity (Wildman–Crippen MR) is 101 cm³/mol. The summed E-state index contributed by atoms with van der Waals surface area (Å²) in [6.45, 7) is 9.93. The molecule has 1 N–H and O–H groups in total. The molecule has 1 aliphatic rings. The van der Waals surface area contributed by atoms with Crippen molar-refractivity contribution in [3.63, 3.8) is 0 Å². The van der Waals surface area contributed by atoms with Gasteiger partial charge in [0.05, 0.1) is 19.3 Å². The number of rotatable bonds is 7. The topological polar surface area (TPSA) is 88.7 Å². The number of H-pyrrole nitrogens is 1. The van der Waals surface area contributed by atoms with Gasteiger partial charge in [-0.25, -0.2) is 4.79 Å². The first kappa shape index (κ1) is 21.2. The molecular formula is C20H30N2O5. The van der Waals surface area contributed by atoms with Crippen molar-refractivity contribution in [1.82, 2.24) is 9.88 Å². The quantitative estimate of drug-likeness (QED) is 0.582. The van der Waals surface area contributed by atoms with Crippen LogP contribution in [-0.2, 0) is 14.3 Å². The van der Waals surface area contributed by atoms with Crippen LogP contribution in [0.25, 0.3) is 0 Å². The van der Waals surface area contributed by atoms with E-state index in [1.807, 2.05) is 13.8 Å². The van der Waals surface area contributed by atoms with Crippen molar-refractivity contribution in [2.75, 3.05) is 20.3 Å². The van der Waals surface area contributed by atoms with E-state index in [9.17, 15) is 14.4 Å². The van der Waals surface area contributed by atoms with Crippen LogP contribution in [0.4, 0.5) is 0 Å². The minimum atomic E-state index is -0.650. The average Bonchev–Trinajstić information content (AvgIpc) is 3.24. The second-order valence-corrected chi connectivity index (χ2v) is 7.44. The van der Waals surface area contributed by atoms with Crippen molar-refractivity contribution >= 4 is 17.7 Å². The first-order chi connectivity index (χ1) is 12.7. The summed E-state index contributed by atoms with van der Waals surface area (Å²) in [4.78, 5) is 42.5. The molecule has 1 aliphatic heterocycles. The van der Waals surface area contributed by atoms with E-state index in [1.54, 1.807) is 25.7 Å². The number of hydrogen-bond acceptors (Lipinski definition) is 5. The fourth-order valence-electron chi connectivity index (χ4n) is 3.55. The summed E-state index contributed by atoms with van der Waals surface area (Å²) in [5.74, 6) is -1.01. The largest absolute Gasteiger partial charge is 0.464 e. The average molecular weight is 378 g/mol. The number of methoxy groups -OCH3 is 1. The van der Waals surface area contributed by atoms with Crippen LogP contribution in [0.1, 0.15) is 65.7 Å². The fourth-order valence-corrected chi connectivity index (χ4v) is 3.55. The van der Waals surface area contributed by atoms with E-state index in [2.05, 4.69) is 4.98 Å². The van der Waals surface area contributed by atoms with Gasteiger partial charge in [0.25, 0.3) is 0 Å². The highest BCUT2D eigenvalue weighted by Gasteiger charge is 2.34. The van der Waals surface area contributed by atoms with Gasteiger partial charge in [-0.1, -0.05) is 13.8 Å². The Kier molecular flexibility index (Phi) is 6.81. The number of carbonyl (C=O) groups excluding carboxylic acids is 3. The normalized spacial score (nSPS) is 17.8. The van der Waals surface area contributed by atoms with Crippen LogP contribution < -0.4 is 0 Å². The smallest absolute Gasteiger partial charge is 0.354 e. The highest BCUT2D eigenvalue weighted by Crippen LogP contribution is 2.24. The summed E-state index contributed by atoms with van der Waals surface area (Å²) in [6, 6.07) is -0.650. The van der Waals surface area contributed by atoms with Crippen molar-refractivity contribution in [3.8, 4) is 0 Å². The third-order valence-electron chi connectivity index (χ3n) is 5.12. The molecule has 1 fully saturated rings. The SMILES string of the molecule is COC(=O)c1[nH]c(C)c(C(=O)[C@@H](C)N(C[C@@H]2CCCO2)C(=O)C(C)C)c1C. The van der Waals surface area contributed by atoms with Crippen molar-refractivity contribution in [3.05, 3.63) is 22.5 Å². The van der Waals surface area contributed by atoms with Gasteiger partial charge in [0.1, 0.15) is 5.69 Å². The lowest BCUT2D eigenvalue weighted by Crippen LogP contribution is -2.48. The van der Waals surface area contributed by atoms with E-state index in [0.29, 0.717) is 30.0 Å². The molecular weight excluding hydrogens is 348 g/mol. The third kappa shape index (κ3) is 4.40. The van der Waals surface area contributed by atoms with E-state index in [0.717, 1.165) is 12.8 Å². The number of aryl methyl sites for hydroxylation is 1. The molecule has 2 heterocycles. The Hall–Kier alpha value is -2.15. The standard InChI is InChI=1S/C20H30N2O5/c1-11(2)19(24)22(10-15-8-7-9-27-15)14(5)18(23)16-12(3)17(20(25)26-6)21-13(16)4/h11,14-15,21H,7-10H2,1-6H3/t14-,15+/m1/s1. The highest BCUT2D eigenvalue weighted by atomic mass is 16.5. The molecule has 150 valence electrons. The number of esters is 1. The first-order valence-corrected chi connectivity index (χ1v) is 9.42. The summed E-state index contributed by atoms with van der Waals surface area (Å²) in [6.07, 6.45) is 1.81. The molecule has 0 aliphatic carbocycles. The summed E-state index contributed by atoms with van der Waals surface area (Å²) in [5.41, 5.74) is 1.85. The molecule has 0 saturated carbocycles. The fraction of sp³-hybridized carbons (Fsp3) is 0.650. The Morgan fingerprint density at radius 2 is 1.93 bits per heavy atom. The van der Waals surface area contributed by atoms with Gasteiger partial charge >= 0.3 is 5.97 Å². The third-order valence-corrected chi connectivity index (χ3v) is 5.12. The number of aromatic nitrogens is 1. The minimum absolute atomic E-state index is 0.0398. The number of aromatic amines is 1. The van der Waals surface area contributed by atoms with Gasteiger partial charge in [0.15, 0.2) is 5.78 Å². The van der Waals surface area contributed by atoms with Crippen molar-refractivity contribution in [2.45, 2.75) is 59.6 Å². The van der Waals surface area contributed by atoms with Gasteiger partial charge in [-0.05, 0) is 39.2 Å². The zero-order valence-electron chi connectivity index (χ0n) is 17.0. The van der Waals surface area contributed by atoms with Crippen LogP contribution in [-0.4, -0.2) is 60.0 Å². The molecule has 27 heavy (non-hydrogen) atoms. The Morgan fingerprint density at radius 3 is 2.44 bits per heavy atom. The second-order valence-electron chi connectivity index (χ2n) is 7.44. The number of ketones is 1. The number of nitrogens with zero attached hydrogens (tertiary/aromatic N) is 1. The van der Waals surface area contributed by atoms with Gasteiger partial charge in [0, 0.05) is 30.3 Å².